The van der Waals surface area contributed by atoms with Gasteiger partial charge in [-0.2, -0.15) is 4.99 Å². The molecule has 1 aromatic heterocycles. The van der Waals surface area contributed by atoms with Gasteiger partial charge in [-0.3, -0.25) is 9.78 Å². The number of amides is 1. The predicted molar refractivity (Wildman–Crippen MR) is 54.6 cm³/mol. The molecule has 0 aliphatic rings. The Morgan fingerprint density at radius 2 is 2.40 bits per heavy atom. The number of aliphatic imine (C=N–C) groups is 1. The Morgan fingerprint density at radius 1 is 1.60 bits per heavy atom. The van der Waals surface area contributed by atoms with Crippen molar-refractivity contribution in [3.05, 3.63) is 36.6 Å². The highest BCUT2D eigenvalue weighted by Gasteiger charge is 1.92. The minimum Gasteiger partial charge on any atom is -0.384 e. The molecule has 3 N–H and O–H groups in total. The molecule has 6 heteroatoms. The molecule has 0 saturated carbocycles. The van der Waals surface area contributed by atoms with Crippen LogP contribution in [0.2, 0.25) is 0 Å². The van der Waals surface area contributed by atoms with Crippen molar-refractivity contribution in [1.82, 2.24) is 4.98 Å². The summed E-state index contributed by atoms with van der Waals surface area (Å²) in [4.78, 5) is 16.8. The van der Waals surface area contributed by atoms with E-state index in [1.807, 2.05) is 0 Å². The van der Waals surface area contributed by atoms with Crippen LogP contribution in [0.1, 0.15) is 0 Å². The molecule has 0 radical (unpaired) electrons. The summed E-state index contributed by atoms with van der Waals surface area (Å²) in [6.07, 6.45) is 5.68. The Morgan fingerprint density at radius 3 is 3.07 bits per heavy atom. The second-order valence-electron chi connectivity index (χ2n) is 2.53. The lowest BCUT2D eigenvalue weighted by molar-refractivity contribution is -0.106. The SMILES string of the molecule is NC(/C=C\Nc1cncc(F)c1)=NC=O. The molecule has 0 aromatic carbocycles. The third-order valence-corrected chi connectivity index (χ3v) is 1.41. The van der Waals surface area contributed by atoms with Gasteiger partial charge in [0.25, 0.3) is 0 Å². The van der Waals surface area contributed by atoms with Crippen LogP contribution in [-0.2, 0) is 4.79 Å². The van der Waals surface area contributed by atoms with E-state index in [9.17, 15) is 9.18 Å². The van der Waals surface area contributed by atoms with E-state index >= 15 is 0 Å². The normalized spacial score (nSPS) is 11.7. The number of pyridine rings is 1. The Hall–Kier alpha value is -2.24. The van der Waals surface area contributed by atoms with Gasteiger partial charge in [-0.1, -0.05) is 0 Å². The number of anilines is 1. The van der Waals surface area contributed by atoms with Crippen LogP contribution in [0.3, 0.4) is 0 Å². The summed E-state index contributed by atoms with van der Waals surface area (Å²) in [7, 11) is 0. The van der Waals surface area contributed by atoms with Crippen molar-refractivity contribution in [2.75, 3.05) is 5.32 Å². The minimum absolute atomic E-state index is 0.0573. The predicted octanol–water partition coefficient (Wildman–Crippen LogP) is 0.660. The fraction of sp³-hybridized carbons (Fsp3) is 0. The van der Waals surface area contributed by atoms with Gasteiger partial charge in [0.1, 0.15) is 11.7 Å². The van der Waals surface area contributed by atoms with Gasteiger partial charge in [-0.25, -0.2) is 4.39 Å². The molecule has 0 unspecified atom stereocenters. The third-order valence-electron chi connectivity index (χ3n) is 1.41. The Balaban J connectivity index is 2.57. The lowest BCUT2D eigenvalue weighted by Crippen LogP contribution is -2.08. The lowest BCUT2D eigenvalue weighted by Gasteiger charge is -1.98. The van der Waals surface area contributed by atoms with Crippen LogP contribution in [0.15, 0.2) is 35.7 Å². The number of nitrogens with one attached hydrogen (secondary N) is 1. The molecule has 0 atom stereocenters. The number of nitrogens with two attached hydrogens (primary N) is 1. The van der Waals surface area contributed by atoms with Crippen LogP contribution in [0, 0.1) is 5.82 Å². The van der Waals surface area contributed by atoms with Crippen molar-refractivity contribution in [2.45, 2.75) is 0 Å². The summed E-state index contributed by atoms with van der Waals surface area (Å²) in [6, 6.07) is 1.27. The molecule has 1 aromatic rings. The second-order valence-corrected chi connectivity index (χ2v) is 2.53. The molecule has 1 rings (SSSR count). The molecule has 0 aliphatic heterocycles. The summed E-state index contributed by atoms with van der Waals surface area (Å²) in [5.41, 5.74) is 5.76. The first-order valence-corrected chi connectivity index (χ1v) is 4.03. The molecule has 1 heterocycles. The van der Waals surface area contributed by atoms with Gasteiger partial charge in [-0.05, 0) is 6.08 Å². The quantitative estimate of drug-likeness (QED) is 0.432. The molecular formula is C9H9FN4O. The Kier molecular flexibility index (Phi) is 3.96. The zero-order valence-corrected chi connectivity index (χ0v) is 7.72. The zero-order chi connectivity index (χ0) is 11.1. The number of nitrogens with zero attached hydrogens (tertiary/aromatic N) is 2. The Labute approximate surface area is 85.5 Å². The molecule has 0 fully saturated rings. The molecule has 0 aliphatic carbocycles. The van der Waals surface area contributed by atoms with Crippen LogP contribution < -0.4 is 11.1 Å². The van der Waals surface area contributed by atoms with E-state index in [1.54, 1.807) is 0 Å². The van der Waals surface area contributed by atoms with E-state index < -0.39 is 5.82 Å². The van der Waals surface area contributed by atoms with Gasteiger partial charge in [0.15, 0.2) is 0 Å². The van der Waals surface area contributed by atoms with Crippen molar-refractivity contribution in [2.24, 2.45) is 10.7 Å². The van der Waals surface area contributed by atoms with Crippen LogP contribution in [0.4, 0.5) is 10.1 Å². The van der Waals surface area contributed by atoms with Crippen molar-refractivity contribution < 1.29 is 9.18 Å². The number of hydrogen-bond donors (Lipinski definition) is 2. The molecule has 15 heavy (non-hydrogen) atoms. The molecule has 1 amide bonds. The smallest absolute Gasteiger partial charge is 0.234 e. The van der Waals surface area contributed by atoms with Gasteiger partial charge in [0.05, 0.1) is 18.1 Å². The van der Waals surface area contributed by atoms with Crippen LogP contribution in [-0.4, -0.2) is 17.2 Å². The highest BCUT2D eigenvalue weighted by atomic mass is 19.1. The maximum Gasteiger partial charge on any atom is 0.234 e. The fourth-order valence-electron chi connectivity index (χ4n) is 0.818. The first-order chi connectivity index (χ1) is 7.22. The fourth-order valence-corrected chi connectivity index (χ4v) is 0.818. The van der Waals surface area contributed by atoms with E-state index in [4.69, 9.17) is 5.73 Å². The third kappa shape index (κ3) is 3.99. The molecular weight excluding hydrogens is 199 g/mol. The van der Waals surface area contributed by atoms with Gasteiger partial charge in [0, 0.05) is 12.3 Å². The van der Waals surface area contributed by atoms with E-state index in [0.717, 1.165) is 6.20 Å². The highest BCUT2D eigenvalue weighted by molar-refractivity contribution is 5.95. The maximum atomic E-state index is 12.7. The average molecular weight is 208 g/mol. The molecule has 5 nitrogen and oxygen atoms in total. The second kappa shape index (κ2) is 5.48. The Bertz CT molecular complexity index is 403. The van der Waals surface area contributed by atoms with Gasteiger partial charge in [-0.15, -0.1) is 0 Å². The summed E-state index contributed by atoms with van der Waals surface area (Å²) in [6.45, 7) is 0. The number of halogens is 1. The number of rotatable bonds is 4. The molecule has 0 spiro atoms. The van der Waals surface area contributed by atoms with E-state index in [2.05, 4.69) is 15.3 Å². The van der Waals surface area contributed by atoms with Gasteiger partial charge >= 0.3 is 0 Å². The maximum absolute atomic E-state index is 12.7. The van der Waals surface area contributed by atoms with Crippen LogP contribution in [0.5, 0.6) is 0 Å². The van der Waals surface area contributed by atoms with E-state index in [0.29, 0.717) is 12.1 Å². The van der Waals surface area contributed by atoms with Crippen molar-refractivity contribution in [1.29, 1.82) is 0 Å². The average Bonchev–Trinajstić information content (AvgIpc) is 2.18. The van der Waals surface area contributed by atoms with Gasteiger partial charge in [0.2, 0.25) is 6.41 Å². The summed E-state index contributed by atoms with van der Waals surface area (Å²) >= 11 is 0. The molecule has 0 saturated heterocycles. The highest BCUT2D eigenvalue weighted by Crippen LogP contribution is 2.05. The van der Waals surface area contributed by atoms with Gasteiger partial charge < -0.3 is 11.1 Å². The largest absolute Gasteiger partial charge is 0.384 e. The number of aromatic nitrogens is 1. The standard InChI is InChI=1S/C9H9FN4O/c10-7-3-8(5-12-4-7)13-2-1-9(11)14-6-15/h1-6,13H,(H2,11,14,15)/b2-1-. The summed E-state index contributed by atoms with van der Waals surface area (Å²) < 4.78 is 12.7. The van der Waals surface area contributed by atoms with E-state index in [1.165, 1.54) is 24.5 Å². The van der Waals surface area contributed by atoms with Crippen LogP contribution >= 0.6 is 0 Å². The number of hydrogen-bond acceptors (Lipinski definition) is 3. The number of carbonyl (C=O) groups is 1. The zero-order valence-electron chi connectivity index (χ0n) is 7.72. The summed E-state index contributed by atoms with van der Waals surface area (Å²) in [5, 5.41) is 2.71. The van der Waals surface area contributed by atoms with Crippen molar-refractivity contribution in [3.8, 4) is 0 Å². The van der Waals surface area contributed by atoms with Crippen LogP contribution in [0.25, 0.3) is 0 Å². The minimum atomic E-state index is -0.442. The lowest BCUT2D eigenvalue weighted by atomic mass is 10.4. The number of amidine groups is 1. The molecule has 78 valence electrons. The molecule has 0 bridgehead atoms. The first kappa shape index (κ1) is 10.8. The summed E-state index contributed by atoms with van der Waals surface area (Å²) in [5.74, 6) is -0.384. The van der Waals surface area contributed by atoms with E-state index in [-0.39, 0.29) is 5.84 Å². The number of carbonyl (C=O) groups excluding carboxylic acids is 1. The monoisotopic (exact) mass is 208 g/mol. The first-order valence-electron chi connectivity index (χ1n) is 4.03. The topological polar surface area (TPSA) is 80.4 Å². The van der Waals surface area contributed by atoms with Crippen molar-refractivity contribution in [3.63, 3.8) is 0 Å². The van der Waals surface area contributed by atoms with Crippen molar-refractivity contribution >= 4 is 17.9 Å².